The maximum absolute atomic E-state index is 5.72. The Labute approximate surface area is 107 Å². The van der Waals surface area contributed by atoms with Crippen LogP contribution in [0.3, 0.4) is 0 Å². The minimum absolute atomic E-state index is 0.225. The van der Waals surface area contributed by atoms with Crippen molar-refractivity contribution in [3.8, 4) is 5.75 Å². The van der Waals surface area contributed by atoms with E-state index in [0.29, 0.717) is 6.61 Å². The summed E-state index contributed by atoms with van der Waals surface area (Å²) in [6.45, 7) is 3.76. The van der Waals surface area contributed by atoms with Crippen molar-refractivity contribution in [3.63, 3.8) is 0 Å². The topological polar surface area (TPSA) is 39.1 Å². The minimum Gasteiger partial charge on any atom is -0.491 e. The lowest BCUT2D eigenvalue weighted by atomic mass is 10.1. The maximum atomic E-state index is 5.72. The molecule has 1 aromatic heterocycles. The van der Waals surface area contributed by atoms with Crippen LogP contribution in [0.2, 0.25) is 0 Å². The van der Waals surface area contributed by atoms with E-state index in [0.717, 1.165) is 24.7 Å². The minimum atomic E-state index is 0.225. The summed E-state index contributed by atoms with van der Waals surface area (Å²) in [6, 6.07) is 8.42. The summed E-state index contributed by atoms with van der Waals surface area (Å²) in [5.41, 5.74) is 1.23. The average Bonchev–Trinajstić information content (AvgIpc) is 3.02. The van der Waals surface area contributed by atoms with E-state index in [4.69, 9.17) is 4.74 Å². The van der Waals surface area contributed by atoms with E-state index < -0.39 is 0 Å². The summed E-state index contributed by atoms with van der Waals surface area (Å²) in [4.78, 5) is 4.37. The molecular weight excluding hydrogens is 226 g/mol. The van der Waals surface area contributed by atoms with Crippen LogP contribution in [0.15, 0.2) is 36.7 Å². The molecule has 4 heteroatoms. The van der Waals surface area contributed by atoms with Gasteiger partial charge in [0.1, 0.15) is 12.4 Å². The van der Waals surface area contributed by atoms with Gasteiger partial charge in [0.05, 0.1) is 6.04 Å². The van der Waals surface area contributed by atoms with Crippen molar-refractivity contribution in [2.24, 2.45) is 0 Å². The van der Waals surface area contributed by atoms with Crippen LogP contribution in [0.4, 0.5) is 5.95 Å². The van der Waals surface area contributed by atoms with Gasteiger partial charge in [-0.2, -0.15) is 0 Å². The molecule has 0 amide bonds. The van der Waals surface area contributed by atoms with Gasteiger partial charge in [-0.3, -0.25) is 0 Å². The molecule has 0 bridgehead atoms. The Morgan fingerprint density at radius 2 is 2.33 bits per heavy atom. The van der Waals surface area contributed by atoms with Gasteiger partial charge in [-0.25, -0.2) is 4.98 Å². The number of rotatable bonds is 4. The Hall–Kier alpha value is -1.97. The number of nitrogens with one attached hydrogen (secondary N) is 1. The first-order chi connectivity index (χ1) is 8.90. The molecule has 0 spiro atoms. The highest BCUT2D eigenvalue weighted by Gasteiger charge is 2.26. The molecule has 18 heavy (non-hydrogen) atoms. The molecule has 1 N–H and O–H groups in total. The number of benzene rings is 1. The van der Waals surface area contributed by atoms with Gasteiger partial charge in [0.15, 0.2) is 0 Å². The zero-order valence-corrected chi connectivity index (χ0v) is 10.5. The van der Waals surface area contributed by atoms with Gasteiger partial charge in [0.2, 0.25) is 5.95 Å². The fourth-order valence-electron chi connectivity index (χ4n) is 2.31. The number of nitrogens with zero attached hydrogens (tertiary/aromatic N) is 2. The molecule has 0 aliphatic carbocycles. The van der Waals surface area contributed by atoms with Crippen LogP contribution >= 0.6 is 0 Å². The zero-order valence-electron chi connectivity index (χ0n) is 10.5. The molecule has 0 fully saturated rings. The third-order valence-corrected chi connectivity index (χ3v) is 3.21. The van der Waals surface area contributed by atoms with E-state index >= 15 is 0 Å². The maximum Gasteiger partial charge on any atom is 0.203 e. The number of ether oxygens (including phenoxy) is 1. The van der Waals surface area contributed by atoms with Crippen LogP contribution < -0.4 is 10.1 Å². The molecule has 4 nitrogen and oxygen atoms in total. The summed E-state index contributed by atoms with van der Waals surface area (Å²) >= 11 is 0. The van der Waals surface area contributed by atoms with E-state index in [-0.39, 0.29) is 6.04 Å². The first-order valence-corrected chi connectivity index (χ1v) is 6.38. The van der Waals surface area contributed by atoms with Crippen molar-refractivity contribution in [3.05, 3.63) is 42.2 Å². The number of imidazole rings is 1. The van der Waals surface area contributed by atoms with Crippen molar-refractivity contribution in [2.45, 2.75) is 19.4 Å². The normalized spacial score (nSPS) is 17.3. The van der Waals surface area contributed by atoms with Crippen LogP contribution in [0.25, 0.3) is 0 Å². The Morgan fingerprint density at radius 1 is 1.44 bits per heavy atom. The summed E-state index contributed by atoms with van der Waals surface area (Å²) in [7, 11) is 0. The highest BCUT2D eigenvalue weighted by atomic mass is 16.5. The van der Waals surface area contributed by atoms with Gasteiger partial charge in [0.25, 0.3) is 0 Å². The molecule has 1 atom stereocenters. The lowest BCUT2D eigenvalue weighted by Gasteiger charge is -2.15. The third-order valence-electron chi connectivity index (χ3n) is 3.21. The molecule has 1 aliphatic heterocycles. The number of fused-ring (bicyclic) bond motifs is 1. The van der Waals surface area contributed by atoms with Crippen LogP contribution in [0, 0.1) is 0 Å². The first kappa shape index (κ1) is 11.1. The van der Waals surface area contributed by atoms with Gasteiger partial charge in [-0.1, -0.05) is 25.1 Å². The standard InChI is InChI=1S/C14H17N3O/c1-2-7-15-14-16-8-9-17(14)12-10-18-13-6-4-3-5-11(12)13/h3-6,8-9,12H,2,7,10H2,1H3,(H,15,16). The van der Waals surface area contributed by atoms with Crippen LogP contribution in [-0.2, 0) is 0 Å². The van der Waals surface area contributed by atoms with Crippen molar-refractivity contribution in [1.82, 2.24) is 9.55 Å². The lowest BCUT2D eigenvalue weighted by molar-refractivity contribution is 0.317. The third kappa shape index (κ3) is 1.83. The predicted octanol–water partition coefficient (Wildman–Crippen LogP) is 2.69. The zero-order chi connectivity index (χ0) is 12.4. The summed E-state index contributed by atoms with van der Waals surface area (Å²) in [6.07, 6.45) is 4.93. The fourth-order valence-corrected chi connectivity index (χ4v) is 2.31. The van der Waals surface area contributed by atoms with E-state index in [1.54, 1.807) is 0 Å². The highest BCUT2D eigenvalue weighted by molar-refractivity contribution is 5.42. The first-order valence-electron chi connectivity index (χ1n) is 6.38. The molecule has 94 valence electrons. The van der Waals surface area contributed by atoms with Crippen molar-refractivity contribution < 1.29 is 4.74 Å². The number of para-hydroxylation sites is 1. The van der Waals surface area contributed by atoms with Crippen LogP contribution in [0.1, 0.15) is 24.9 Å². The highest BCUT2D eigenvalue weighted by Crippen LogP contribution is 2.35. The Kier molecular flexibility index (Phi) is 2.92. The molecule has 0 saturated heterocycles. The van der Waals surface area contributed by atoms with Gasteiger partial charge >= 0.3 is 0 Å². The van der Waals surface area contributed by atoms with Crippen LogP contribution in [-0.4, -0.2) is 22.7 Å². The predicted molar refractivity (Wildman–Crippen MR) is 71.1 cm³/mol. The molecular formula is C14H17N3O. The van der Waals surface area contributed by atoms with Crippen molar-refractivity contribution in [1.29, 1.82) is 0 Å². The molecule has 1 unspecified atom stereocenters. The molecule has 0 saturated carbocycles. The van der Waals surface area contributed by atoms with Gasteiger partial charge in [-0.05, 0) is 12.5 Å². The second-order valence-electron chi connectivity index (χ2n) is 4.45. The van der Waals surface area contributed by atoms with Gasteiger partial charge < -0.3 is 14.6 Å². The molecule has 2 heterocycles. The Bertz CT molecular complexity index is 535. The number of anilines is 1. The van der Waals surface area contributed by atoms with E-state index in [1.165, 1.54) is 5.56 Å². The molecule has 3 rings (SSSR count). The van der Waals surface area contributed by atoms with Crippen molar-refractivity contribution >= 4 is 5.95 Å². The smallest absolute Gasteiger partial charge is 0.203 e. The monoisotopic (exact) mass is 243 g/mol. The SMILES string of the molecule is CCCNc1nccn1C1COc2ccccc21. The summed E-state index contributed by atoms with van der Waals surface area (Å²) < 4.78 is 7.87. The van der Waals surface area contributed by atoms with E-state index in [9.17, 15) is 0 Å². The van der Waals surface area contributed by atoms with E-state index in [1.807, 2.05) is 24.5 Å². The Balaban J connectivity index is 1.90. The van der Waals surface area contributed by atoms with Crippen LogP contribution in [0.5, 0.6) is 5.75 Å². The Morgan fingerprint density at radius 3 is 3.22 bits per heavy atom. The van der Waals surface area contributed by atoms with E-state index in [2.05, 4.69) is 33.9 Å². The number of aromatic nitrogens is 2. The molecule has 2 aromatic rings. The molecule has 1 aliphatic rings. The summed E-state index contributed by atoms with van der Waals surface area (Å²) in [5.74, 6) is 1.90. The quantitative estimate of drug-likeness (QED) is 0.897. The molecule has 1 aromatic carbocycles. The largest absolute Gasteiger partial charge is 0.491 e. The second-order valence-corrected chi connectivity index (χ2v) is 4.45. The van der Waals surface area contributed by atoms with Gasteiger partial charge in [0, 0.05) is 24.5 Å². The lowest BCUT2D eigenvalue weighted by Crippen LogP contribution is -2.15. The number of hydrogen-bond acceptors (Lipinski definition) is 3. The van der Waals surface area contributed by atoms with Gasteiger partial charge in [-0.15, -0.1) is 0 Å². The summed E-state index contributed by atoms with van der Waals surface area (Å²) in [5, 5.41) is 3.35. The number of hydrogen-bond donors (Lipinski definition) is 1. The average molecular weight is 243 g/mol. The second kappa shape index (κ2) is 4.72. The molecule has 0 radical (unpaired) electrons. The van der Waals surface area contributed by atoms with Crippen molar-refractivity contribution in [2.75, 3.05) is 18.5 Å². The fraction of sp³-hybridized carbons (Fsp3) is 0.357.